The first kappa shape index (κ1) is 11.0. The minimum absolute atomic E-state index is 0.0490. The molecule has 1 nitrogen and oxygen atoms in total. The molecular formula is C11H17BrO. The number of allylic oxidation sites excluding steroid dienone is 2. The molecule has 0 heterocycles. The average Bonchev–Trinajstić information content (AvgIpc) is 2.00. The maximum absolute atomic E-state index is 11.7. The van der Waals surface area contributed by atoms with Crippen LogP contribution in [0.3, 0.4) is 0 Å². The number of alkyl halides is 1. The molecule has 1 atom stereocenters. The molecule has 1 unspecified atom stereocenters. The van der Waals surface area contributed by atoms with Crippen molar-refractivity contribution in [1.29, 1.82) is 0 Å². The highest BCUT2D eigenvalue weighted by Gasteiger charge is 2.27. The average molecular weight is 245 g/mol. The van der Waals surface area contributed by atoms with Crippen LogP contribution in [0.2, 0.25) is 0 Å². The van der Waals surface area contributed by atoms with Gasteiger partial charge in [-0.15, -0.1) is 0 Å². The summed E-state index contributed by atoms with van der Waals surface area (Å²) in [5.74, 6) is 0.318. The van der Waals surface area contributed by atoms with Gasteiger partial charge in [-0.05, 0) is 25.2 Å². The Bertz CT molecular complexity index is 240. The lowest BCUT2D eigenvalue weighted by molar-refractivity contribution is -0.119. The van der Waals surface area contributed by atoms with Gasteiger partial charge in [0.05, 0.1) is 4.83 Å². The smallest absolute Gasteiger partial charge is 0.151 e. The van der Waals surface area contributed by atoms with Crippen molar-refractivity contribution in [1.82, 2.24) is 0 Å². The Morgan fingerprint density at radius 1 is 1.54 bits per heavy atom. The third kappa shape index (κ3) is 2.94. The summed E-state index contributed by atoms with van der Waals surface area (Å²) in [6.07, 6.45) is 5.07. The van der Waals surface area contributed by atoms with Crippen molar-refractivity contribution in [2.75, 3.05) is 0 Å². The number of hydrogen-bond acceptors (Lipinski definition) is 1. The maximum atomic E-state index is 11.7. The molecule has 0 aromatic rings. The normalized spacial score (nSPS) is 33.1. The number of ketones is 1. The van der Waals surface area contributed by atoms with E-state index in [1.807, 2.05) is 6.92 Å². The van der Waals surface area contributed by atoms with E-state index in [2.05, 4.69) is 35.9 Å². The summed E-state index contributed by atoms with van der Waals surface area (Å²) < 4.78 is 0. The van der Waals surface area contributed by atoms with E-state index in [9.17, 15) is 4.79 Å². The van der Waals surface area contributed by atoms with E-state index in [4.69, 9.17) is 0 Å². The van der Waals surface area contributed by atoms with Gasteiger partial charge in [0.2, 0.25) is 0 Å². The zero-order chi connectivity index (χ0) is 10.1. The molecule has 0 saturated carbocycles. The SMILES string of the molecule is C/C1=C/CCC(C)(C)CC(=O)C1Br. The summed E-state index contributed by atoms with van der Waals surface area (Å²) in [4.78, 5) is 11.7. The van der Waals surface area contributed by atoms with E-state index >= 15 is 0 Å². The third-order valence-electron chi connectivity index (χ3n) is 2.62. The Kier molecular flexibility index (Phi) is 3.33. The van der Waals surface area contributed by atoms with Crippen molar-refractivity contribution in [3.05, 3.63) is 11.6 Å². The summed E-state index contributed by atoms with van der Waals surface area (Å²) in [5, 5.41) is 0. The van der Waals surface area contributed by atoms with Crippen molar-refractivity contribution in [3.63, 3.8) is 0 Å². The molecule has 74 valence electrons. The van der Waals surface area contributed by atoms with Gasteiger partial charge in [-0.2, -0.15) is 0 Å². The molecular weight excluding hydrogens is 228 g/mol. The predicted octanol–water partition coefficient (Wildman–Crippen LogP) is 3.48. The van der Waals surface area contributed by atoms with Crippen LogP contribution in [0, 0.1) is 5.41 Å². The van der Waals surface area contributed by atoms with Crippen LogP contribution in [0.1, 0.15) is 40.0 Å². The molecule has 0 aromatic carbocycles. The Morgan fingerprint density at radius 2 is 2.15 bits per heavy atom. The Labute approximate surface area is 88.7 Å². The first-order chi connectivity index (χ1) is 5.92. The van der Waals surface area contributed by atoms with E-state index in [1.54, 1.807) is 0 Å². The second-order valence-corrected chi connectivity index (χ2v) is 5.57. The molecule has 0 spiro atoms. The lowest BCUT2D eigenvalue weighted by Crippen LogP contribution is -2.25. The number of hydrogen-bond donors (Lipinski definition) is 0. The molecule has 1 aliphatic carbocycles. The van der Waals surface area contributed by atoms with Gasteiger partial charge in [-0.3, -0.25) is 4.79 Å². The Balaban J connectivity index is 2.83. The van der Waals surface area contributed by atoms with E-state index in [0.717, 1.165) is 12.8 Å². The van der Waals surface area contributed by atoms with Gasteiger partial charge < -0.3 is 0 Å². The summed E-state index contributed by atoms with van der Waals surface area (Å²) in [5.41, 5.74) is 1.33. The topological polar surface area (TPSA) is 17.1 Å². The van der Waals surface area contributed by atoms with Gasteiger partial charge in [0.1, 0.15) is 0 Å². The van der Waals surface area contributed by atoms with Gasteiger partial charge >= 0.3 is 0 Å². The summed E-state index contributed by atoms with van der Waals surface area (Å²) in [7, 11) is 0. The molecule has 0 N–H and O–H groups in total. The van der Waals surface area contributed by atoms with Gasteiger partial charge in [0, 0.05) is 6.42 Å². The highest BCUT2D eigenvalue weighted by Crippen LogP contribution is 2.32. The number of rotatable bonds is 0. The van der Waals surface area contributed by atoms with E-state index < -0.39 is 0 Å². The highest BCUT2D eigenvalue weighted by atomic mass is 79.9. The Morgan fingerprint density at radius 3 is 2.77 bits per heavy atom. The highest BCUT2D eigenvalue weighted by molar-refractivity contribution is 9.10. The maximum Gasteiger partial charge on any atom is 0.151 e. The van der Waals surface area contributed by atoms with E-state index in [1.165, 1.54) is 5.57 Å². The number of carbonyl (C=O) groups is 1. The van der Waals surface area contributed by atoms with Crippen LogP contribution < -0.4 is 0 Å². The molecule has 0 aromatic heterocycles. The summed E-state index contributed by atoms with van der Waals surface area (Å²) >= 11 is 3.44. The van der Waals surface area contributed by atoms with Crippen molar-refractivity contribution in [2.45, 2.75) is 44.9 Å². The number of halogens is 1. The fourth-order valence-corrected chi connectivity index (χ4v) is 2.05. The van der Waals surface area contributed by atoms with Gasteiger partial charge in [-0.1, -0.05) is 41.4 Å². The number of carbonyl (C=O) groups excluding carboxylic acids is 1. The Hall–Kier alpha value is -0.110. The van der Waals surface area contributed by atoms with Gasteiger partial charge in [0.15, 0.2) is 5.78 Å². The minimum atomic E-state index is -0.0490. The molecule has 2 heteroatoms. The van der Waals surface area contributed by atoms with Crippen molar-refractivity contribution >= 4 is 21.7 Å². The first-order valence-electron chi connectivity index (χ1n) is 4.76. The van der Waals surface area contributed by atoms with Crippen LogP contribution in [0.5, 0.6) is 0 Å². The first-order valence-corrected chi connectivity index (χ1v) is 5.67. The van der Waals surface area contributed by atoms with Gasteiger partial charge in [0.25, 0.3) is 0 Å². The summed E-state index contributed by atoms with van der Waals surface area (Å²) in [6, 6.07) is 0. The molecule has 0 aliphatic heterocycles. The molecule has 13 heavy (non-hydrogen) atoms. The predicted molar refractivity (Wildman–Crippen MR) is 59.1 cm³/mol. The quantitative estimate of drug-likeness (QED) is 0.471. The van der Waals surface area contributed by atoms with Crippen LogP contribution >= 0.6 is 15.9 Å². The molecule has 0 bridgehead atoms. The minimum Gasteiger partial charge on any atom is -0.298 e. The lowest BCUT2D eigenvalue weighted by Gasteiger charge is -2.27. The van der Waals surface area contributed by atoms with Crippen molar-refractivity contribution in [2.24, 2.45) is 5.41 Å². The van der Waals surface area contributed by atoms with Crippen LogP contribution in [0.4, 0.5) is 0 Å². The van der Waals surface area contributed by atoms with Crippen LogP contribution in [-0.4, -0.2) is 10.6 Å². The molecule has 0 fully saturated rings. The molecule has 0 radical (unpaired) electrons. The number of Topliss-reactive ketones (excluding diaryl/α,β-unsaturated/α-hetero) is 1. The third-order valence-corrected chi connectivity index (χ3v) is 3.86. The second-order valence-electron chi connectivity index (χ2n) is 4.66. The van der Waals surface area contributed by atoms with Gasteiger partial charge in [-0.25, -0.2) is 0 Å². The van der Waals surface area contributed by atoms with E-state index in [0.29, 0.717) is 12.2 Å². The lowest BCUT2D eigenvalue weighted by atomic mass is 9.80. The van der Waals surface area contributed by atoms with E-state index in [-0.39, 0.29) is 10.2 Å². The zero-order valence-corrected chi connectivity index (χ0v) is 10.1. The van der Waals surface area contributed by atoms with Crippen LogP contribution in [0.15, 0.2) is 11.6 Å². The van der Waals surface area contributed by atoms with Crippen molar-refractivity contribution in [3.8, 4) is 0 Å². The molecule has 1 rings (SSSR count). The van der Waals surface area contributed by atoms with Crippen LogP contribution in [0.25, 0.3) is 0 Å². The molecule has 0 amide bonds. The monoisotopic (exact) mass is 244 g/mol. The molecule has 1 aliphatic rings. The standard InChI is InChI=1S/C11H17BrO/c1-8-5-4-6-11(2,3)7-9(13)10(8)12/h5,10H,4,6-7H2,1-3H3/b8-5-. The zero-order valence-electron chi connectivity index (χ0n) is 8.56. The summed E-state index contributed by atoms with van der Waals surface area (Å²) in [6.45, 7) is 6.36. The van der Waals surface area contributed by atoms with Crippen LogP contribution in [-0.2, 0) is 4.79 Å². The fraction of sp³-hybridized carbons (Fsp3) is 0.727. The largest absolute Gasteiger partial charge is 0.298 e. The second kappa shape index (κ2) is 3.95. The van der Waals surface area contributed by atoms with Crippen molar-refractivity contribution < 1.29 is 4.79 Å². The fourth-order valence-electron chi connectivity index (χ4n) is 1.70. The molecule has 0 saturated heterocycles.